The predicted octanol–water partition coefficient (Wildman–Crippen LogP) is 5.31. The van der Waals surface area contributed by atoms with Gasteiger partial charge < -0.3 is 23.7 Å². The minimum absolute atomic E-state index is 0.226. The Kier molecular flexibility index (Phi) is 14.4. The Bertz CT molecular complexity index is 316. The smallest absolute Gasteiger partial charge is 0.285 e. The second kappa shape index (κ2) is 15.7. The second-order valence-electron chi connectivity index (χ2n) is 7.33. The van der Waals surface area contributed by atoms with Gasteiger partial charge in [-0.15, -0.1) is 0 Å². The molecular formula is C22H44O5. The van der Waals surface area contributed by atoms with E-state index in [1.807, 2.05) is 20.8 Å². The van der Waals surface area contributed by atoms with Crippen molar-refractivity contribution in [1.82, 2.24) is 0 Å². The first-order valence-corrected chi connectivity index (χ1v) is 11.3. The third kappa shape index (κ3) is 10.8. The van der Waals surface area contributed by atoms with Crippen molar-refractivity contribution >= 4 is 0 Å². The van der Waals surface area contributed by atoms with E-state index in [9.17, 15) is 0 Å². The maximum absolute atomic E-state index is 6.07. The molecular weight excluding hydrogens is 344 g/mol. The molecule has 2 unspecified atom stereocenters. The fourth-order valence-corrected chi connectivity index (χ4v) is 3.56. The van der Waals surface area contributed by atoms with Gasteiger partial charge in [0.2, 0.25) is 0 Å². The zero-order valence-corrected chi connectivity index (χ0v) is 18.3. The Morgan fingerprint density at radius 3 is 1.93 bits per heavy atom. The van der Waals surface area contributed by atoms with Crippen molar-refractivity contribution in [3.8, 4) is 0 Å². The molecule has 1 saturated heterocycles. The van der Waals surface area contributed by atoms with Gasteiger partial charge in [-0.25, -0.2) is 0 Å². The molecule has 0 amide bonds. The van der Waals surface area contributed by atoms with Gasteiger partial charge in [-0.2, -0.15) is 0 Å². The zero-order valence-electron chi connectivity index (χ0n) is 18.3. The SMILES string of the molecule is CCCCCCCCC(CCCOCC1CO1)C(OCC)(OCC)OCC. The van der Waals surface area contributed by atoms with Crippen LogP contribution in [0.3, 0.4) is 0 Å². The molecule has 0 N–H and O–H groups in total. The summed E-state index contributed by atoms with van der Waals surface area (Å²) in [7, 11) is 0. The van der Waals surface area contributed by atoms with Crippen molar-refractivity contribution in [2.45, 2.75) is 97.6 Å². The van der Waals surface area contributed by atoms with E-state index in [1.54, 1.807) is 0 Å². The fraction of sp³-hybridized carbons (Fsp3) is 1.00. The molecule has 2 atom stereocenters. The molecule has 27 heavy (non-hydrogen) atoms. The van der Waals surface area contributed by atoms with Crippen molar-refractivity contribution in [1.29, 1.82) is 0 Å². The Morgan fingerprint density at radius 2 is 1.37 bits per heavy atom. The van der Waals surface area contributed by atoms with Crippen molar-refractivity contribution in [2.24, 2.45) is 5.92 Å². The van der Waals surface area contributed by atoms with Gasteiger partial charge in [-0.3, -0.25) is 0 Å². The van der Waals surface area contributed by atoms with Crippen molar-refractivity contribution in [3.05, 3.63) is 0 Å². The normalized spacial score (nSPS) is 18.0. The molecule has 5 heteroatoms. The highest BCUT2D eigenvalue weighted by atomic mass is 16.9. The van der Waals surface area contributed by atoms with Crippen LogP contribution in [0.4, 0.5) is 0 Å². The molecule has 0 aliphatic carbocycles. The fourth-order valence-electron chi connectivity index (χ4n) is 3.56. The standard InChI is InChI=1S/C22H44O5/c1-5-9-10-11-12-13-15-20(16-14-17-23-18-21-19-24-21)22(25-6-2,26-7-3)27-8-4/h20-21H,5-19H2,1-4H3. The number of hydrogen-bond acceptors (Lipinski definition) is 5. The van der Waals surface area contributed by atoms with E-state index in [-0.39, 0.29) is 5.92 Å². The van der Waals surface area contributed by atoms with Gasteiger partial charge in [-0.05, 0) is 40.0 Å². The van der Waals surface area contributed by atoms with E-state index in [2.05, 4.69) is 6.92 Å². The largest absolute Gasteiger partial charge is 0.379 e. The molecule has 1 rings (SSSR count). The van der Waals surface area contributed by atoms with Crippen LogP contribution < -0.4 is 0 Å². The summed E-state index contributed by atoms with van der Waals surface area (Å²) in [4.78, 5) is 0. The number of epoxide rings is 1. The van der Waals surface area contributed by atoms with E-state index >= 15 is 0 Å². The highest BCUT2D eigenvalue weighted by Gasteiger charge is 2.41. The second-order valence-corrected chi connectivity index (χ2v) is 7.33. The first kappa shape index (κ1) is 24.8. The topological polar surface area (TPSA) is 49.5 Å². The molecule has 1 heterocycles. The lowest BCUT2D eigenvalue weighted by atomic mass is 9.93. The van der Waals surface area contributed by atoms with Gasteiger partial charge >= 0.3 is 0 Å². The predicted molar refractivity (Wildman–Crippen MR) is 109 cm³/mol. The van der Waals surface area contributed by atoms with Crippen LogP contribution in [0, 0.1) is 5.92 Å². The van der Waals surface area contributed by atoms with Crippen LogP contribution in [0.15, 0.2) is 0 Å². The number of unbranched alkanes of at least 4 members (excludes halogenated alkanes) is 5. The lowest BCUT2D eigenvalue weighted by Gasteiger charge is -2.39. The molecule has 5 nitrogen and oxygen atoms in total. The van der Waals surface area contributed by atoms with E-state index < -0.39 is 5.97 Å². The van der Waals surface area contributed by atoms with Crippen LogP contribution in [0.2, 0.25) is 0 Å². The molecule has 0 saturated carbocycles. The van der Waals surface area contributed by atoms with Gasteiger partial charge in [-0.1, -0.05) is 45.4 Å². The third-order valence-corrected chi connectivity index (χ3v) is 4.99. The molecule has 0 spiro atoms. The van der Waals surface area contributed by atoms with Crippen molar-refractivity contribution in [3.63, 3.8) is 0 Å². The molecule has 1 aliphatic heterocycles. The number of hydrogen-bond donors (Lipinski definition) is 0. The Morgan fingerprint density at radius 1 is 0.815 bits per heavy atom. The molecule has 0 bridgehead atoms. The van der Waals surface area contributed by atoms with Crippen molar-refractivity contribution in [2.75, 3.05) is 39.6 Å². The third-order valence-electron chi connectivity index (χ3n) is 4.99. The Labute approximate surface area is 167 Å². The monoisotopic (exact) mass is 388 g/mol. The van der Waals surface area contributed by atoms with Crippen LogP contribution in [0.1, 0.15) is 85.5 Å². The van der Waals surface area contributed by atoms with Gasteiger partial charge in [0.1, 0.15) is 6.10 Å². The van der Waals surface area contributed by atoms with Gasteiger partial charge in [0.05, 0.1) is 13.2 Å². The average molecular weight is 389 g/mol. The summed E-state index contributed by atoms with van der Waals surface area (Å²) in [6, 6.07) is 0. The summed E-state index contributed by atoms with van der Waals surface area (Å²) in [5.74, 6) is -0.689. The van der Waals surface area contributed by atoms with E-state index in [0.717, 1.165) is 39.1 Å². The average Bonchev–Trinajstić information content (AvgIpc) is 3.47. The van der Waals surface area contributed by atoms with Crippen LogP contribution >= 0.6 is 0 Å². The molecule has 162 valence electrons. The van der Waals surface area contributed by atoms with Crippen LogP contribution in [-0.4, -0.2) is 51.7 Å². The van der Waals surface area contributed by atoms with Gasteiger partial charge in [0, 0.05) is 32.3 Å². The van der Waals surface area contributed by atoms with Crippen LogP contribution in [-0.2, 0) is 23.7 Å². The van der Waals surface area contributed by atoms with Gasteiger partial charge in [0.15, 0.2) is 0 Å². The summed E-state index contributed by atoms with van der Waals surface area (Å²) in [5, 5.41) is 0. The highest BCUT2D eigenvalue weighted by molar-refractivity contribution is 4.73. The molecule has 0 aromatic carbocycles. The number of rotatable bonds is 20. The molecule has 0 aromatic rings. The van der Waals surface area contributed by atoms with Gasteiger partial charge in [0.25, 0.3) is 5.97 Å². The molecule has 1 aliphatic rings. The van der Waals surface area contributed by atoms with E-state index in [1.165, 1.54) is 38.5 Å². The molecule has 0 radical (unpaired) electrons. The number of ether oxygens (including phenoxy) is 5. The Balaban J connectivity index is 2.53. The minimum Gasteiger partial charge on any atom is -0.379 e. The first-order chi connectivity index (χ1) is 13.2. The summed E-state index contributed by atoms with van der Waals surface area (Å²) in [5.41, 5.74) is 0. The molecule has 0 aromatic heterocycles. The zero-order chi connectivity index (χ0) is 19.8. The quantitative estimate of drug-likeness (QED) is 0.161. The minimum atomic E-state index is -0.915. The summed E-state index contributed by atoms with van der Waals surface area (Å²) < 4.78 is 29.1. The van der Waals surface area contributed by atoms with Crippen molar-refractivity contribution < 1.29 is 23.7 Å². The summed E-state index contributed by atoms with van der Waals surface area (Å²) in [6.45, 7) is 12.4. The van der Waals surface area contributed by atoms with E-state index in [0.29, 0.717) is 25.9 Å². The maximum Gasteiger partial charge on any atom is 0.285 e. The summed E-state index contributed by atoms with van der Waals surface area (Å²) >= 11 is 0. The highest BCUT2D eigenvalue weighted by Crippen LogP contribution is 2.34. The lowest BCUT2D eigenvalue weighted by molar-refractivity contribution is -0.403. The Hall–Kier alpha value is -0.200. The first-order valence-electron chi connectivity index (χ1n) is 11.3. The van der Waals surface area contributed by atoms with Crippen LogP contribution in [0.25, 0.3) is 0 Å². The van der Waals surface area contributed by atoms with Crippen LogP contribution in [0.5, 0.6) is 0 Å². The lowest BCUT2D eigenvalue weighted by Crippen LogP contribution is -2.47. The summed E-state index contributed by atoms with van der Waals surface area (Å²) in [6.07, 6.45) is 11.1. The molecule has 1 fully saturated rings. The maximum atomic E-state index is 6.07. The van der Waals surface area contributed by atoms with E-state index in [4.69, 9.17) is 23.7 Å².